The Morgan fingerprint density at radius 3 is 2.44 bits per heavy atom. The molecule has 2 atom stereocenters. The molecule has 5 heteroatoms. The van der Waals surface area contributed by atoms with Crippen LogP contribution in [0, 0.1) is 5.92 Å². The van der Waals surface area contributed by atoms with Crippen molar-refractivity contribution in [3.8, 4) is 0 Å². The maximum Gasteiger partial charge on any atom is 0.236 e. The molecule has 0 aliphatic carbocycles. The summed E-state index contributed by atoms with van der Waals surface area (Å²) in [6.07, 6.45) is -0.578. The molecule has 0 aliphatic rings. The van der Waals surface area contributed by atoms with E-state index < -0.39 is 6.10 Å². The first-order valence-corrected chi connectivity index (χ1v) is 5.65. The molecule has 0 rings (SSSR count). The minimum Gasteiger partial charge on any atom is -0.389 e. The van der Waals surface area contributed by atoms with E-state index in [4.69, 9.17) is 4.74 Å². The van der Waals surface area contributed by atoms with Crippen LogP contribution in [0.5, 0.6) is 0 Å². The molecule has 2 unspecified atom stereocenters. The summed E-state index contributed by atoms with van der Waals surface area (Å²) in [6.45, 7) is 7.15. The van der Waals surface area contributed by atoms with Crippen molar-refractivity contribution in [2.24, 2.45) is 5.92 Å². The lowest BCUT2D eigenvalue weighted by molar-refractivity contribution is -0.123. The maximum absolute atomic E-state index is 11.5. The van der Waals surface area contributed by atoms with Gasteiger partial charge in [0, 0.05) is 20.2 Å². The highest BCUT2D eigenvalue weighted by Gasteiger charge is 2.13. The number of carbonyl (C=O) groups excluding carboxylic acids is 1. The van der Waals surface area contributed by atoms with Crippen LogP contribution >= 0.6 is 0 Å². The molecule has 5 nitrogen and oxygen atoms in total. The molecule has 0 aromatic rings. The summed E-state index contributed by atoms with van der Waals surface area (Å²) in [7, 11) is 1.53. The van der Waals surface area contributed by atoms with Crippen LogP contribution in [-0.2, 0) is 9.53 Å². The fraction of sp³-hybridized carbons (Fsp3) is 0.909. The van der Waals surface area contributed by atoms with Gasteiger partial charge in [0.15, 0.2) is 0 Å². The molecule has 1 amide bonds. The molecule has 0 aromatic carbocycles. The normalized spacial score (nSPS) is 14.9. The first kappa shape index (κ1) is 15.3. The number of hydrogen-bond acceptors (Lipinski definition) is 4. The van der Waals surface area contributed by atoms with Crippen LogP contribution in [0.15, 0.2) is 0 Å². The average Bonchev–Trinajstić information content (AvgIpc) is 2.22. The lowest BCUT2D eigenvalue weighted by atomic mass is 10.2. The van der Waals surface area contributed by atoms with Crippen molar-refractivity contribution in [2.75, 3.05) is 26.8 Å². The second kappa shape index (κ2) is 8.50. The van der Waals surface area contributed by atoms with Gasteiger partial charge in [-0.2, -0.15) is 0 Å². The zero-order valence-electron chi connectivity index (χ0n) is 10.6. The van der Waals surface area contributed by atoms with Crippen molar-refractivity contribution < 1.29 is 14.6 Å². The molecule has 96 valence electrons. The number of ether oxygens (including phenoxy) is 1. The highest BCUT2D eigenvalue weighted by molar-refractivity contribution is 5.81. The third kappa shape index (κ3) is 7.62. The molecule has 0 aliphatic heterocycles. The number of carbonyl (C=O) groups is 1. The molecule has 0 spiro atoms. The Morgan fingerprint density at radius 2 is 1.94 bits per heavy atom. The van der Waals surface area contributed by atoms with Gasteiger partial charge in [-0.1, -0.05) is 13.8 Å². The Hall–Kier alpha value is -0.650. The number of hydrogen-bond donors (Lipinski definition) is 3. The molecule has 0 saturated carbocycles. The van der Waals surface area contributed by atoms with Crippen molar-refractivity contribution in [3.05, 3.63) is 0 Å². The maximum atomic E-state index is 11.5. The van der Waals surface area contributed by atoms with Crippen LogP contribution in [-0.4, -0.2) is 50.0 Å². The molecule has 0 heterocycles. The van der Waals surface area contributed by atoms with E-state index in [1.807, 2.05) is 13.8 Å². The van der Waals surface area contributed by atoms with Gasteiger partial charge in [-0.15, -0.1) is 0 Å². The summed E-state index contributed by atoms with van der Waals surface area (Å²) in [5, 5.41) is 15.2. The Labute approximate surface area is 97.6 Å². The third-order valence-corrected chi connectivity index (χ3v) is 2.10. The molecule has 3 N–H and O–H groups in total. The number of aliphatic hydroxyl groups is 1. The van der Waals surface area contributed by atoms with Crippen LogP contribution in [0.1, 0.15) is 20.8 Å². The molecule has 16 heavy (non-hydrogen) atoms. The van der Waals surface area contributed by atoms with E-state index in [-0.39, 0.29) is 18.6 Å². The smallest absolute Gasteiger partial charge is 0.236 e. The zero-order valence-corrected chi connectivity index (χ0v) is 10.6. The second-order valence-electron chi connectivity index (χ2n) is 4.38. The SMILES string of the molecule is COCC(O)CNC(C)C(=O)NCC(C)C. The van der Waals surface area contributed by atoms with Crippen molar-refractivity contribution in [1.29, 1.82) is 0 Å². The van der Waals surface area contributed by atoms with Gasteiger partial charge < -0.3 is 20.5 Å². The fourth-order valence-corrected chi connectivity index (χ4v) is 1.11. The highest BCUT2D eigenvalue weighted by atomic mass is 16.5. The standard InChI is InChI=1S/C11H24N2O3/c1-8(2)5-13-11(15)9(3)12-6-10(14)7-16-4/h8-10,12,14H,5-7H2,1-4H3,(H,13,15). The number of rotatable bonds is 8. The zero-order chi connectivity index (χ0) is 12.6. The molecule has 0 saturated heterocycles. The van der Waals surface area contributed by atoms with Gasteiger partial charge in [-0.05, 0) is 12.8 Å². The molecule has 0 aromatic heterocycles. The quantitative estimate of drug-likeness (QED) is 0.539. The van der Waals surface area contributed by atoms with Gasteiger partial charge in [0.05, 0.1) is 18.8 Å². The van der Waals surface area contributed by atoms with Crippen molar-refractivity contribution in [1.82, 2.24) is 10.6 Å². The minimum atomic E-state index is -0.578. The van der Waals surface area contributed by atoms with Gasteiger partial charge in [-0.3, -0.25) is 4.79 Å². The fourth-order valence-electron chi connectivity index (χ4n) is 1.11. The van der Waals surface area contributed by atoms with Gasteiger partial charge in [0.1, 0.15) is 0 Å². The van der Waals surface area contributed by atoms with E-state index in [0.29, 0.717) is 19.0 Å². The summed E-state index contributed by atoms with van der Waals surface area (Å²) < 4.78 is 4.78. The third-order valence-electron chi connectivity index (χ3n) is 2.10. The summed E-state index contributed by atoms with van der Waals surface area (Å²) in [5.41, 5.74) is 0. The monoisotopic (exact) mass is 232 g/mol. The molecule has 0 fully saturated rings. The van der Waals surface area contributed by atoms with E-state index in [2.05, 4.69) is 10.6 Å². The largest absolute Gasteiger partial charge is 0.389 e. The first-order chi connectivity index (χ1) is 7.47. The van der Waals surface area contributed by atoms with Crippen molar-refractivity contribution in [3.63, 3.8) is 0 Å². The summed E-state index contributed by atoms with van der Waals surface area (Å²) >= 11 is 0. The Morgan fingerprint density at radius 1 is 1.31 bits per heavy atom. The van der Waals surface area contributed by atoms with Gasteiger partial charge in [0.2, 0.25) is 5.91 Å². The number of methoxy groups -OCH3 is 1. The molecular weight excluding hydrogens is 208 g/mol. The second-order valence-corrected chi connectivity index (χ2v) is 4.38. The van der Waals surface area contributed by atoms with Crippen molar-refractivity contribution in [2.45, 2.75) is 32.9 Å². The minimum absolute atomic E-state index is 0.0432. The molecule has 0 radical (unpaired) electrons. The van der Waals surface area contributed by atoms with Gasteiger partial charge >= 0.3 is 0 Å². The van der Waals surface area contributed by atoms with Crippen LogP contribution in [0.3, 0.4) is 0 Å². The van der Waals surface area contributed by atoms with Crippen LogP contribution in [0.2, 0.25) is 0 Å². The lowest BCUT2D eigenvalue weighted by Crippen LogP contribution is -2.46. The Kier molecular flexibility index (Phi) is 8.15. The van der Waals surface area contributed by atoms with E-state index in [9.17, 15) is 9.90 Å². The summed E-state index contributed by atoms with van der Waals surface area (Å²) in [4.78, 5) is 11.5. The highest BCUT2D eigenvalue weighted by Crippen LogP contribution is 1.90. The van der Waals surface area contributed by atoms with E-state index >= 15 is 0 Å². The number of nitrogens with one attached hydrogen (secondary N) is 2. The van der Waals surface area contributed by atoms with Crippen molar-refractivity contribution >= 4 is 5.91 Å². The van der Waals surface area contributed by atoms with Crippen LogP contribution < -0.4 is 10.6 Å². The van der Waals surface area contributed by atoms with Crippen LogP contribution in [0.25, 0.3) is 0 Å². The van der Waals surface area contributed by atoms with Gasteiger partial charge in [-0.25, -0.2) is 0 Å². The molecule has 0 bridgehead atoms. The Balaban J connectivity index is 3.70. The lowest BCUT2D eigenvalue weighted by Gasteiger charge is -2.17. The topological polar surface area (TPSA) is 70.6 Å². The molecular formula is C11H24N2O3. The average molecular weight is 232 g/mol. The summed E-state index contributed by atoms with van der Waals surface area (Å²) in [6, 6.07) is -0.301. The van der Waals surface area contributed by atoms with E-state index in [1.165, 1.54) is 7.11 Å². The first-order valence-electron chi connectivity index (χ1n) is 5.65. The van der Waals surface area contributed by atoms with E-state index in [1.54, 1.807) is 6.92 Å². The Bertz CT molecular complexity index is 198. The predicted octanol–water partition coefficient (Wildman–Crippen LogP) is -0.256. The number of aliphatic hydroxyl groups excluding tert-OH is 1. The van der Waals surface area contributed by atoms with Crippen LogP contribution in [0.4, 0.5) is 0 Å². The predicted molar refractivity (Wildman–Crippen MR) is 63.2 cm³/mol. The number of amides is 1. The van der Waals surface area contributed by atoms with E-state index in [0.717, 1.165) is 0 Å². The van der Waals surface area contributed by atoms with Gasteiger partial charge in [0.25, 0.3) is 0 Å². The summed E-state index contributed by atoms with van der Waals surface area (Å²) in [5.74, 6) is 0.397.